The van der Waals surface area contributed by atoms with E-state index in [1.54, 1.807) is 23.1 Å². The summed E-state index contributed by atoms with van der Waals surface area (Å²) in [5.74, 6) is -0.203. The minimum atomic E-state index is -0.203. The second kappa shape index (κ2) is 6.57. The first kappa shape index (κ1) is 15.1. The summed E-state index contributed by atoms with van der Waals surface area (Å²) in [7, 11) is 0. The number of nitrogens with zero attached hydrogens (tertiary/aromatic N) is 3. The molecule has 0 aliphatic rings. The Morgan fingerprint density at radius 2 is 1.80 bits per heavy atom. The summed E-state index contributed by atoms with van der Waals surface area (Å²) in [5.41, 5.74) is 3.16. The molecule has 25 heavy (non-hydrogen) atoms. The maximum atomic E-state index is 12.6. The van der Waals surface area contributed by atoms with Crippen molar-refractivity contribution in [3.63, 3.8) is 0 Å². The molecule has 0 saturated carbocycles. The second-order valence-corrected chi connectivity index (χ2v) is 5.73. The summed E-state index contributed by atoms with van der Waals surface area (Å²) in [5, 5.41) is 8.15. The van der Waals surface area contributed by atoms with Crippen molar-refractivity contribution in [2.45, 2.75) is 6.54 Å². The van der Waals surface area contributed by atoms with Gasteiger partial charge in [0.1, 0.15) is 5.69 Å². The van der Waals surface area contributed by atoms with Crippen LogP contribution in [0.5, 0.6) is 0 Å². The Labute approximate surface area is 144 Å². The van der Waals surface area contributed by atoms with E-state index in [1.165, 1.54) is 0 Å². The Kier molecular flexibility index (Phi) is 3.96. The molecule has 0 bridgehead atoms. The Morgan fingerprint density at radius 1 is 1.00 bits per heavy atom. The fourth-order valence-corrected chi connectivity index (χ4v) is 2.74. The highest BCUT2D eigenvalue weighted by Crippen LogP contribution is 2.17. The highest BCUT2D eigenvalue weighted by atomic mass is 16.2. The van der Waals surface area contributed by atoms with Crippen molar-refractivity contribution in [3.8, 4) is 0 Å². The minimum Gasteiger partial charge on any atom is -0.319 e. The Hall–Kier alpha value is -3.47. The lowest BCUT2D eigenvalue weighted by atomic mass is 10.2. The number of rotatable bonds is 4. The van der Waals surface area contributed by atoms with Crippen molar-refractivity contribution in [1.29, 1.82) is 0 Å². The topological polar surface area (TPSA) is 59.8 Å². The molecule has 2 aromatic heterocycles. The fourth-order valence-electron chi connectivity index (χ4n) is 2.74. The number of nitrogens with one attached hydrogen (secondary N) is 1. The van der Waals surface area contributed by atoms with E-state index < -0.39 is 0 Å². The third kappa shape index (κ3) is 3.26. The van der Waals surface area contributed by atoms with E-state index >= 15 is 0 Å². The standard InChI is InChI=1S/C20H16N4O/c25-20(23-17-12-16-8-4-5-9-18(16)21-13-17)19-10-11-22-24(19)14-15-6-2-1-3-7-15/h1-13H,14H2,(H,23,25). The van der Waals surface area contributed by atoms with Crippen LogP contribution in [0.4, 0.5) is 5.69 Å². The molecule has 122 valence electrons. The summed E-state index contributed by atoms with van der Waals surface area (Å²) < 4.78 is 1.69. The van der Waals surface area contributed by atoms with Crippen LogP contribution < -0.4 is 5.32 Å². The molecule has 0 saturated heterocycles. The van der Waals surface area contributed by atoms with E-state index in [4.69, 9.17) is 0 Å². The van der Waals surface area contributed by atoms with Gasteiger partial charge < -0.3 is 5.32 Å². The lowest BCUT2D eigenvalue weighted by Gasteiger charge is -2.09. The van der Waals surface area contributed by atoms with Gasteiger partial charge in [-0.15, -0.1) is 0 Å². The zero-order chi connectivity index (χ0) is 17.1. The van der Waals surface area contributed by atoms with Crippen LogP contribution in [-0.2, 0) is 6.54 Å². The third-order valence-corrected chi connectivity index (χ3v) is 3.97. The molecule has 4 rings (SSSR count). The predicted octanol–water partition coefficient (Wildman–Crippen LogP) is 3.73. The van der Waals surface area contributed by atoms with Gasteiger partial charge in [-0.2, -0.15) is 5.10 Å². The maximum Gasteiger partial charge on any atom is 0.273 e. The van der Waals surface area contributed by atoms with Gasteiger partial charge in [-0.3, -0.25) is 14.5 Å². The van der Waals surface area contributed by atoms with Crippen LogP contribution in [0.2, 0.25) is 0 Å². The summed E-state index contributed by atoms with van der Waals surface area (Å²) in [6, 6.07) is 21.4. The zero-order valence-corrected chi connectivity index (χ0v) is 13.5. The largest absolute Gasteiger partial charge is 0.319 e. The van der Waals surface area contributed by atoms with Crippen LogP contribution >= 0.6 is 0 Å². The second-order valence-electron chi connectivity index (χ2n) is 5.73. The molecular weight excluding hydrogens is 312 g/mol. The molecule has 1 N–H and O–H groups in total. The minimum absolute atomic E-state index is 0.203. The number of benzene rings is 2. The van der Waals surface area contributed by atoms with Gasteiger partial charge in [-0.25, -0.2) is 0 Å². The van der Waals surface area contributed by atoms with Gasteiger partial charge in [-0.1, -0.05) is 48.5 Å². The summed E-state index contributed by atoms with van der Waals surface area (Å²) >= 11 is 0. The molecule has 0 aliphatic carbocycles. The number of carbonyl (C=O) groups is 1. The van der Waals surface area contributed by atoms with Crippen molar-refractivity contribution in [1.82, 2.24) is 14.8 Å². The van der Waals surface area contributed by atoms with Gasteiger partial charge in [0, 0.05) is 11.6 Å². The molecule has 0 spiro atoms. The monoisotopic (exact) mass is 328 g/mol. The predicted molar refractivity (Wildman–Crippen MR) is 97.5 cm³/mol. The van der Waals surface area contributed by atoms with Crippen LogP contribution in [-0.4, -0.2) is 20.7 Å². The van der Waals surface area contributed by atoms with Crippen molar-refractivity contribution < 1.29 is 4.79 Å². The number of para-hydroxylation sites is 1. The first-order chi connectivity index (χ1) is 12.3. The van der Waals surface area contributed by atoms with Gasteiger partial charge in [0.25, 0.3) is 5.91 Å². The average Bonchev–Trinajstić information content (AvgIpc) is 3.11. The van der Waals surface area contributed by atoms with E-state index in [0.29, 0.717) is 17.9 Å². The quantitative estimate of drug-likeness (QED) is 0.621. The number of fused-ring (bicyclic) bond motifs is 1. The average molecular weight is 328 g/mol. The normalized spacial score (nSPS) is 10.7. The van der Waals surface area contributed by atoms with E-state index in [1.807, 2.05) is 60.7 Å². The van der Waals surface area contributed by atoms with Crippen molar-refractivity contribution in [2.75, 3.05) is 5.32 Å². The smallest absolute Gasteiger partial charge is 0.273 e. The molecule has 2 aromatic carbocycles. The number of anilines is 1. The number of pyridine rings is 1. The first-order valence-corrected chi connectivity index (χ1v) is 8.01. The Morgan fingerprint density at radius 3 is 2.68 bits per heavy atom. The van der Waals surface area contributed by atoms with Gasteiger partial charge >= 0.3 is 0 Å². The molecule has 0 atom stereocenters. The summed E-state index contributed by atoms with van der Waals surface area (Å²) in [6.45, 7) is 0.548. The molecule has 5 nitrogen and oxygen atoms in total. The molecule has 0 aliphatic heterocycles. The summed E-state index contributed by atoms with van der Waals surface area (Å²) in [6.07, 6.45) is 3.30. The maximum absolute atomic E-state index is 12.6. The van der Waals surface area contributed by atoms with Gasteiger partial charge in [0.05, 0.1) is 23.9 Å². The van der Waals surface area contributed by atoms with Gasteiger partial charge in [0.2, 0.25) is 0 Å². The van der Waals surface area contributed by atoms with Crippen molar-refractivity contribution in [2.24, 2.45) is 0 Å². The molecule has 0 fully saturated rings. The van der Waals surface area contributed by atoms with E-state index in [0.717, 1.165) is 16.5 Å². The molecule has 0 unspecified atom stereocenters. The highest BCUT2D eigenvalue weighted by Gasteiger charge is 2.13. The lowest BCUT2D eigenvalue weighted by Crippen LogP contribution is -2.18. The molecule has 2 heterocycles. The van der Waals surface area contributed by atoms with Crippen LogP contribution in [0.15, 0.2) is 79.1 Å². The zero-order valence-electron chi connectivity index (χ0n) is 13.5. The van der Waals surface area contributed by atoms with Crippen molar-refractivity contribution >= 4 is 22.5 Å². The van der Waals surface area contributed by atoms with Gasteiger partial charge in [0.15, 0.2) is 0 Å². The Bertz CT molecular complexity index is 1020. The molecule has 0 radical (unpaired) electrons. The van der Waals surface area contributed by atoms with Crippen LogP contribution in [0, 0.1) is 0 Å². The van der Waals surface area contributed by atoms with Crippen molar-refractivity contribution in [3.05, 3.63) is 90.4 Å². The highest BCUT2D eigenvalue weighted by molar-refractivity contribution is 6.03. The molecule has 5 heteroatoms. The molecular formula is C20H16N4O. The van der Waals surface area contributed by atoms with E-state index in [2.05, 4.69) is 15.4 Å². The summed E-state index contributed by atoms with van der Waals surface area (Å²) in [4.78, 5) is 17.0. The van der Waals surface area contributed by atoms with E-state index in [9.17, 15) is 4.79 Å². The number of amides is 1. The molecule has 4 aromatic rings. The third-order valence-electron chi connectivity index (χ3n) is 3.97. The van der Waals surface area contributed by atoms with E-state index in [-0.39, 0.29) is 5.91 Å². The first-order valence-electron chi connectivity index (χ1n) is 8.01. The molecule has 1 amide bonds. The van der Waals surface area contributed by atoms with Gasteiger partial charge in [-0.05, 0) is 23.8 Å². The fraction of sp³-hybridized carbons (Fsp3) is 0.0500. The van der Waals surface area contributed by atoms with Crippen LogP contribution in [0.25, 0.3) is 10.9 Å². The van der Waals surface area contributed by atoms with Crippen LogP contribution in [0.1, 0.15) is 16.1 Å². The lowest BCUT2D eigenvalue weighted by molar-refractivity contribution is 0.101. The SMILES string of the molecule is O=C(Nc1cnc2ccccc2c1)c1ccnn1Cc1ccccc1. The Balaban J connectivity index is 1.56. The number of aromatic nitrogens is 3. The number of carbonyl (C=O) groups excluding carboxylic acids is 1. The van der Waals surface area contributed by atoms with Crippen LogP contribution in [0.3, 0.4) is 0 Å². The number of hydrogen-bond acceptors (Lipinski definition) is 3. The number of hydrogen-bond donors (Lipinski definition) is 1.